The van der Waals surface area contributed by atoms with Crippen LogP contribution in [-0.2, 0) is 14.8 Å². The zero-order valence-electron chi connectivity index (χ0n) is 14.6. The van der Waals surface area contributed by atoms with E-state index in [9.17, 15) is 17.6 Å². The summed E-state index contributed by atoms with van der Waals surface area (Å²) in [5, 5.41) is 11.3. The van der Waals surface area contributed by atoms with Crippen LogP contribution in [0.2, 0.25) is 0 Å². The number of halogens is 1. The zero-order valence-corrected chi connectivity index (χ0v) is 16.2. The molecule has 2 aromatic rings. The van der Waals surface area contributed by atoms with Crippen LogP contribution in [0.5, 0.6) is 0 Å². The third-order valence-electron chi connectivity index (χ3n) is 3.52. The van der Waals surface area contributed by atoms with E-state index < -0.39 is 28.3 Å². The van der Waals surface area contributed by atoms with Gasteiger partial charge >= 0.3 is 0 Å². The molecule has 0 radical (unpaired) electrons. The van der Waals surface area contributed by atoms with Gasteiger partial charge in [-0.2, -0.15) is 9.57 Å². The summed E-state index contributed by atoms with van der Waals surface area (Å²) in [6.07, 6.45) is 0.381. The molecule has 0 unspecified atom stereocenters. The van der Waals surface area contributed by atoms with Crippen LogP contribution in [0.15, 0.2) is 58.3 Å². The standard InChI is InChI=1S/C18H18FN3O3S2/c1-22(27(24,25)15-9-7-14(19)8-10-15)13-18(23)21-16-5-2-3-6-17(16)26-12-4-11-20/h2-3,5-10H,4,12-13H2,1H3,(H,21,23). The summed E-state index contributed by atoms with van der Waals surface area (Å²) in [6, 6.07) is 13.6. The van der Waals surface area contributed by atoms with Gasteiger partial charge in [0.05, 0.1) is 23.2 Å². The number of anilines is 1. The van der Waals surface area contributed by atoms with Crippen molar-refractivity contribution in [2.45, 2.75) is 16.2 Å². The highest BCUT2D eigenvalue weighted by molar-refractivity contribution is 7.99. The molecule has 0 saturated carbocycles. The van der Waals surface area contributed by atoms with Crippen LogP contribution >= 0.6 is 11.8 Å². The summed E-state index contributed by atoms with van der Waals surface area (Å²) in [5.74, 6) is -0.459. The normalized spacial score (nSPS) is 11.2. The van der Waals surface area contributed by atoms with Gasteiger partial charge in [-0.3, -0.25) is 4.79 Å². The molecule has 142 valence electrons. The van der Waals surface area contributed by atoms with Gasteiger partial charge in [0, 0.05) is 24.1 Å². The van der Waals surface area contributed by atoms with Crippen molar-refractivity contribution in [1.29, 1.82) is 5.26 Å². The van der Waals surface area contributed by atoms with Crippen molar-refractivity contribution < 1.29 is 17.6 Å². The van der Waals surface area contributed by atoms with Gasteiger partial charge in [-0.15, -0.1) is 11.8 Å². The Kier molecular flexibility index (Phi) is 7.36. The van der Waals surface area contributed by atoms with E-state index in [4.69, 9.17) is 5.26 Å². The van der Waals surface area contributed by atoms with Crippen LogP contribution in [0.4, 0.5) is 10.1 Å². The van der Waals surface area contributed by atoms with Crippen molar-refractivity contribution in [3.63, 3.8) is 0 Å². The predicted molar refractivity (Wildman–Crippen MR) is 102 cm³/mol. The Morgan fingerprint density at radius 2 is 1.89 bits per heavy atom. The molecule has 0 aromatic heterocycles. The number of amides is 1. The molecule has 0 aliphatic heterocycles. The number of nitriles is 1. The molecular formula is C18H18FN3O3S2. The summed E-state index contributed by atoms with van der Waals surface area (Å²) in [7, 11) is -2.62. The van der Waals surface area contributed by atoms with Crippen molar-refractivity contribution in [2.75, 3.05) is 24.7 Å². The number of carbonyl (C=O) groups is 1. The number of likely N-dealkylation sites (N-methyl/N-ethyl adjacent to an activating group) is 1. The second-order valence-corrected chi connectivity index (χ2v) is 8.70. The van der Waals surface area contributed by atoms with Gasteiger partial charge in [0.2, 0.25) is 15.9 Å². The molecule has 9 heteroatoms. The smallest absolute Gasteiger partial charge is 0.243 e. The molecule has 0 aliphatic rings. The van der Waals surface area contributed by atoms with E-state index >= 15 is 0 Å². The molecule has 0 bridgehead atoms. The fourth-order valence-corrected chi connectivity index (χ4v) is 4.16. The van der Waals surface area contributed by atoms with E-state index in [0.717, 1.165) is 33.5 Å². The lowest BCUT2D eigenvalue weighted by atomic mass is 10.3. The van der Waals surface area contributed by atoms with Crippen molar-refractivity contribution in [1.82, 2.24) is 4.31 Å². The second kappa shape index (κ2) is 9.50. The minimum Gasteiger partial charge on any atom is -0.324 e. The average Bonchev–Trinajstić information content (AvgIpc) is 2.63. The SMILES string of the molecule is CN(CC(=O)Nc1ccccc1SCCC#N)S(=O)(=O)c1ccc(F)cc1. The molecule has 0 saturated heterocycles. The Morgan fingerprint density at radius 1 is 1.22 bits per heavy atom. The van der Waals surface area contributed by atoms with E-state index in [-0.39, 0.29) is 4.90 Å². The first kappa shape index (κ1) is 20.9. The first-order valence-corrected chi connectivity index (χ1v) is 10.4. The van der Waals surface area contributed by atoms with Gasteiger partial charge in [0.25, 0.3) is 0 Å². The molecule has 1 amide bonds. The predicted octanol–water partition coefficient (Wildman–Crippen LogP) is 3.09. The highest BCUT2D eigenvalue weighted by Gasteiger charge is 2.23. The number of benzene rings is 2. The number of nitrogens with zero attached hydrogens (tertiary/aromatic N) is 2. The molecule has 0 heterocycles. The van der Waals surface area contributed by atoms with Crippen LogP contribution in [0.3, 0.4) is 0 Å². The van der Waals surface area contributed by atoms with Crippen LogP contribution in [-0.4, -0.2) is 38.0 Å². The molecule has 2 aromatic carbocycles. The largest absolute Gasteiger partial charge is 0.324 e. The molecule has 0 spiro atoms. The zero-order chi connectivity index (χ0) is 19.9. The third kappa shape index (κ3) is 5.79. The summed E-state index contributed by atoms with van der Waals surface area (Å²) >= 11 is 1.43. The average molecular weight is 407 g/mol. The summed E-state index contributed by atoms with van der Waals surface area (Å²) in [6.45, 7) is -0.392. The van der Waals surface area contributed by atoms with E-state index in [1.165, 1.54) is 18.8 Å². The van der Waals surface area contributed by atoms with Crippen LogP contribution in [0.1, 0.15) is 6.42 Å². The number of carbonyl (C=O) groups excluding carboxylic acids is 1. The molecule has 6 nitrogen and oxygen atoms in total. The van der Waals surface area contributed by atoms with Gasteiger partial charge in [0.1, 0.15) is 5.82 Å². The number of hydrogen-bond donors (Lipinski definition) is 1. The molecule has 0 aliphatic carbocycles. The lowest BCUT2D eigenvalue weighted by molar-refractivity contribution is -0.116. The topological polar surface area (TPSA) is 90.3 Å². The number of thioether (sulfide) groups is 1. The van der Waals surface area contributed by atoms with Gasteiger partial charge < -0.3 is 5.32 Å². The third-order valence-corrected chi connectivity index (χ3v) is 6.41. The van der Waals surface area contributed by atoms with Crippen LogP contribution in [0.25, 0.3) is 0 Å². The number of hydrogen-bond acceptors (Lipinski definition) is 5. The van der Waals surface area contributed by atoms with Crippen molar-refractivity contribution >= 4 is 33.4 Å². The van der Waals surface area contributed by atoms with Gasteiger partial charge in [0.15, 0.2) is 0 Å². The first-order chi connectivity index (χ1) is 12.8. The summed E-state index contributed by atoms with van der Waals surface area (Å²) < 4.78 is 38.8. The Morgan fingerprint density at radius 3 is 2.56 bits per heavy atom. The van der Waals surface area contributed by atoms with Crippen molar-refractivity contribution in [2.24, 2.45) is 0 Å². The quantitative estimate of drug-likeness (QED) is 0.536. The van der Waals surface area contributed by atoms with E-state index in [1.54, 1.807) is 12.1 Å². The lowest BCUT2D eigenvalue weighted by Crippen LogP contribution is -2.35. The number of nitrogens with one attached hydrogen (secondary N) is 1. The highest BCUT2D eigenvalue weighted by atomic mass is 32.2. The minimum absolute atomic E-state index is 0.0911. The fourth-order valence-electron chi connectivity index (χ4n) is 2.17. The Hall–Kier alpha value is -2.41. The lowest BCUT2D eigenvalue weighted by Gasteiger charge is -2.17. The number of para-hydroxylation sites is 1. The summed E-state index contributed by atoms with van der Waals surface area (Å²) in [4.78, 5) is 13.0. The van der Waals surface area contributed by atoms with Gasteiger partial charge in [-0.1, -0.05) is 12.1 Å². The maximum atomic E-state index is 13.0. The van der Waals surface area contributed by atoms with E-state index in [1.807, 2.05) is 12.1 Å². The van der Waals surface area contributed by atoms with Gasteiger partial charge in [-0.05, 0) is 36.4 Å². The molecule has 0 atom stereocenters. The van der Waals surface area contributed by atoms with E-state index in [2.05, 4.69) is 11.4 Å². The minimum atomic E-state index is -3.91. The fraction of sp³-hybridized carbons (Fsp3) is 0.222. The van der Waals surface area contributed by atoms with Crippen molar-refractivity contribution in [3.05, 3.63) is 54.3 Å². The first-order valence-electron chi connectivity index (χ1n) is 7.95. The molecular weight excluding hydrogens is 389 g/mol. The maximum Gasteiger partial charge on any atom is 0.243 e. The second-order valence-electron chi connectivity index (χ2n) is 5.52. The summed E-state index contributed by atoms with van der Waals surface area (Å²) in [5.41, 5.74) is 0.554. The van der Waals surface area contributed by atoms with Crippen LogP contribution < -0.4 is 5.32 Å². The number of sulfonamides is 1. The van der Waals surface area contributed by atoms with E-state index in [0.29, 0.717) is 17.9 Å². The Bertz CT molecular complexity index is 941. The molecule has 1 N–H and O–H groups in total. The Labute approximate surface area is 162 Å². The van der Waals surface area contributed by atoms with Crippen molar-refractivity contribution in [3.8, 4) is 6.07 Å². The monoisotopic (exact) mass is 407 g/mol. The molecule has 0 fully saturated rings. The van der Waals surface area contributed by atoms with Gasteiger partial charge in [-0.25, -0.2) is 12.8 Å². The highest BCUT2D eigenvalue weighted by Crippen LogP contribution is 2.27. The number of rotatable bonds is 8. The van der Waals surface area contributed by atoms with Crippen LogP contribution in [0, 0.1) is 17.1 Å². The molecule has 2 rings (SSSR count). The Balaban J connectivity index is 2.05. The molecule has 27 heavy (non-hydrogen) atoms. The maximum absolute atomic E-state index is 13.0.